The molecule has 5 rings (SSSR count). The minimum Gasteiger partial charge on any atom is -0.490 e. The Bertz CT molecular complexity index is 1190. The molecule has 2 fully saturated rings. The molecule has 1 aromatic heterocycles. The SMILES string of the molecule is O=C(NC1(S(=O)O)CC1)c1ccc(COc2cccc(-c3ncc(OCC4CC4)cn3)c2)cc1. The van der Waals surface area contributed by atoms with E-state index < -0.39 is 16.0 Å². The highest BCUT2D eigenvalue weighted by Crippen LogP contribution is 2.38. The van der Waals surface area contributed by atoms with Gasteiger partial charge in [-0.2, -0.15) is 0 Å². The second kappa shape index (κ2) is 9.52. The largest absolute Gasteiger partial charge is 0.490 e. The second-order valence-electron chi connectivity index (χ2n) is 8.71. The fraction of sp³-hybridized carbons (Fsp3) is 0.320. The van der Waals surface area contributed by atoms with Gasteiger partial charge in [0.2, 0.25) is 0 Å². The molecule has 1 unspecified atom stereocenters. The molecule has 2 aliphatic carbocycles. The van der Waals surface area contributed by atoms with Gasteiger partial charge in [-0.05, 0) is 61.4 Å². The van der Waals surface area contributed by atoms with Crippen molar-refractivity contribution in [3.05, 3.63) is 72.1 Å². The lowest BCUT2D eigenvalue weighted by atomic mass is 10.1. The number of carbonyl (C=O) groups excluding carboxylic acids is 1. The van der Waals surface area contributed by atoms with Crippen LogP contribution in [0.25, 0.3) is 11.4 Å². The monoisotopic (exact) mass is 479 g/mol. The molecule has 2 aliphatic rings. The molecule has 1 amide bonds. The molecule has 1 heterocycles. The van der Waals surface area contributed by atoms with Crippen molar-refractivity contribution in [3.8, 4) is 22.9 Å². The molecule has 0 bridgehead atoms. The molecule has 2 saturated carbocycles. The molecular formula is C25H25N3O5S. The Kier molecular flexibility index (Phi) is 6.30. The molecule has 2 N–H and O–H groups in total. The summed E-state index contributed by atoms with van der Waals surface area (Å²) in [7, 11) is 0. The Labute approximate surface area is 200 Å². The van der Waals surface area contributed by atoms with Gasteiger partial charge in [0.15, 0.2) is 22.7 Å². The van der Waals surface area contributed by atoms with Crippen LogP contribution >= 0.6 is 0 Å². The third-order valence-corrected chi connectivity index (χ3v) is 7.08. The van der Waals surface area contributed by atoms with Crippen LogP contribution in [0.2, 0.25) is 0 Å². The van der Waals surface area contributed by atoms with Gasteiger partial charge in [0.1, 0.15) is 17.2 Å². The first-order chi connectivity index (χ1) is 16.5. The summed E-state index contributed by atoms with van der Waals surface area (Å²) < 4.78 is 32.3. The van der Waals surface area contributed by atoms with Crippen molar-refractivity contribution in [3.63, 3.8) is 0 Å². The average molecular weight is 480 g/mol. The standard InChI is InChI=1S/C25H25N3O5S/c29-24(28-25(10-11-25)34(30)31)19-8-6-18(7-9-19)15-32-21-3-1-2-20(12-21)23-26-13-22(14-27-23)33-16-17-4-5-17/h1-3,6-9,12-14,17H,4-5,10-11,15-16H2,(H,28,29)(H,30,31). The maximum atomic E-state index is 12.3. The zero-order valence-corrected chi connectivity index (χ0v) is 19.3. The van der Waals surface area contributed by atoms with E-state index >= 15 is 0 Å². The van der Waals surface area contributed by atoms with E-state index in [4.69, 9.17) is 9.47 Å². The highest BCUT2D eigenvalue weighted by molar-refractivity contribution is 7.81. The van der Waals surface area contributed by atoms with Gasteiger partial charge in [-0.25, -0.2) is 14.2 Å². The van der Waals surface area contributed by atoms with E-state index in [-0.39, 0.29) is 5.91 Å². The molecule has 3 aromatic rings. The number of carbonyl (C=O) groups is 1. The lowest BCUT2D eigenvalue weighted by Gasteiger charge is -2.13. The number of nitrogens with zero attached hydrogens (tertiary/aromatic N) is 2. The van der Waals surface area contributed by atoms with Gasteiger partial charge >= 0.3 is 0 Å². The molecule has 0 radical (unpaired) electrons. The summed E-state index contributed by atoms with van der Waals surface area (Å²) in [5.74, 6) is 2.27. The third kappa shape index (κ3) is 5.43. The summed E-state index contributed by atoms with van der Waals surface area (Å²) in [6.07, 6.45) is 6.88. The summed E-state index contributed by atoms with van der Waals surface area (Å²) in [4.78, 5) is 20.2. The van der Waals surface area contributed by atoms with Crippen LogP contribution in [-0.2, 0) is 17.7 Å². The summed E-state index contributed by atoms with van der Waals surface area (Å²) in [5, 5.41) is 2.66. The van der Waals surface area contributed by atoms with Crippen LogP contribution in [0.4, 0.5) is 0 Å². The number of hydrogen-bond donors (Lipinski definition) is 2. The van der Waals surface area contributed by atoms with Crippen molar-refractivity contribution in [2.75, 3.05) is 6.61 Å². The first-order valence-corrected chi connectivity index (χ1v) is 12.3. The molecule has 1 atom stereocenters. The molecular weight excluding hydrogens is 454 g/mol. The second-order valence-corrected chi connectivity index (χ2v) is 9.99. The van der Waals surface area contributed by atoms with Crippen LogP contribution < -0.4 is 14.8 Å². The zero-order valence-electron chi connectivity index (χ0n) is 18.5. The van der Waals surface area contributed by atoms with Gasteiger partial charge in [0, 0.05) is 11.1 Å². The fourth-order valence-corrected chi connectivity index (χ4v) is 4.05. The van der Waals surface area contributed by atoms with Crippen molar-refractivity contribution in [1.29, 1.82) is 0 Å². The van der Waals surface area contributed by atoms with Gasteiger partial charge in [-0.15, -0.1) is 0 Å². The van der Waals surface area contributed by atoms with Gasteiger partial charge in [-0.1, -0.05) is 24.3 Å². The molecule has 0 saturated heterocycles. The van der Waals surface area contributed by atoms with Crippen LogP contribution in [0.3, 0.4) is 0 Å². The van der Waals surface area contributed by atoms with E-state index in [0.717, 1.165) is 17.7 Å². The normalized spacial score (nSPS) is 17.0. The van der Waals surface area contributed by atoms with E-state index in [1.165, 1.54) is 12.8 Å². The highest BCUT2D eigenvalue weighted by Gasteiger charge is 2.50. The van der Waals surface area contributed by atoms with E-state index in [1.807, 2.05) is 24.3 Å². The molecule has 176 valence electrons. The van der Waals surface area contributed by atoms with Crippen LogP contribution in [-0.4, -0.2) is 36.1 Å². The van der Waals surface area contributed by atoms with E-state index in [0.29, 0.717) is 48.3 Å². The quantitative estimate of drug-likeness (QED) is 0.424. The minimum atomic E-state index is -2.07. The topological polar surface area (TPSA) is 111 Å². The number of hydrogen-bond acceptors (Lipinski definition) is 6. The average Bonchev–Trinajstić information content (AvgIpc) is 3.79. The van der Waals surface area contributed by atoms with E-state index in [9.17, 15) is 13.6 Å². The maximum absolute atomic E-state index is 12.3. The van der Waals surface area contributed by atoms with Gasteiger partial charge in [0.25, 0.3) is 5.91 Å². The Hall–Kier alpha value is -3.30. The fourth-order valence-electron chi connectivity index (χ4n) is 3.42. The Morgan fingerprint density at radius 1 is 1.06 bits per heavy atom. The molecule has 0 aliphatic heterocycles. The predicted octanol–water partition coefficient (Wildman–Crippen LogP) is 3.95. The van der Waals surface area contributed by atoms with Crippen LogP contribution in [0.5, 0.6) is 11.5 Å². The minimum absolute atomic E-state index is 0.324. The van der Waals surface area contributed by atoms with Crippen molar-refractivity contribution in [2.45, 2.75) is 37.2 Å². The van der Waals surface area contributed by atoms with Gasteiger partial charge < -0.3 is 19.3 Å². The Morgan fingerprint density at radius 3 is 2.44 bits per heavy atom. The number of nitrogens with one attached hydrogen (secondary N) is 1. The smallest absolute Gasteiger partial charge is 0.252 e. The van der Waals surface area contributed by atoms with E-state index in [1.54, 1.807) is 36.7 Å². The summed E-state index contributed by atoms with van der Waals surface area (Å²) in [5.41, 5.74) is 2.17. The van der Waals surface area contributed by atoms with Crippen LogP contribution in [0.1, 0.15) is 41.6 Å². The van der Waals surface area contributed by atoms with Crippen molar-refractivity contribution in [2.24, 2.45) is 5.92 Å². The number of rotatable bonds is 10. The lowest BCUT2D eigenvalue weighted by molar-refractivity contribution is 0.0944. The highest BCUT2D eigenvalue weighted by atomic mass is 32.2. The Balaban J connectivity index is 1.16. The number of ether oxygens (including phenoxy) is 2. The van der Waals surface area contributed by atoms with Crippen molar-refractivity contribution < 1.29 is 23.0 Å². The molecule has 2 aromatic carbocycles. The van der Waals surface area contributed by atoms with Gasteiger partial charge in [0.05, 0.1) is 19.0 Å². The third-order valence-electron chi connectivity index (χ3n) is 5.90. The van der Waals surface area contributed by atoms with Crippen molar-refractivity contribution >= 4 is 17.0 Å². The summed E-state index contributed by atoms with van der Waals surface area (Å²) in [6.45, 7) is 1.05. The van der Waals surface area contributed by atoms with Crippen LogP contribution in [0.15, 0.2) is 60.9 Å². The molecule has 9 heteroatoms. The first-order valence-electron chi connectivity index (χ1n) is 11.2. The first kappa shape index (κ1) is 22.5. The van der Waals surface area contributed by atoms with Gasteiger partial charge in [-0.3, -0.25) is 4.79 Å². The van der Waals surface area contributed by atoms with E-state index in [2.05, 4.69) is 15.3 Å². The predicted molar refractivity (Wildman–Crippen MR) is 127 cm³/mol. The summed E-state index contributed by atoms with van der Waals surface area (Å²) >= 11 is -2.07. The summed E-state index contributed by atoms with van der Waals surface area (Å²) in [6, 6.07) is 14.5. The number of aromatic nitrogens is 2. The zero-order chi connectivity index (χ0) is 23.5. The van der Waals surface area contributed by atoms with Crippen molar-refractivity contribution in [1.82, 2.24) is 15.3 Å². The molecule has 0 spiro atoms. The lowest BCUT2D eigenvalue weighted by Crippen LogP contribution is -2.39. The van der Waals surface area contributed by atoms with Crippen LogP contribution in [0, 0.1) is 5.92 Å². The maximum Gasteiger partial charge on any atom is 0.252 e. The molecule has 8 nitrogen and oxygen atoms in total. The Morgan fingerprint density at radius 2 is 1.79 bits per heavy atom. The number of benzene rings is 2. The molecule has 34 heavy (non-hydrogen) atoms. The number of amides is 1.